The van der Waals surface area contributed by atoms with Crippen molar-refractivity contribution in [2.45, 2.75) is 25.8 Å². The molecule has 0 bridgehead atoms. The van der Waals surface area contributed by atoms with Crippen molar-refractivity contribution in [3.05, 3.63) is 59.5 Å². The van der Waals surface area contributed by atoms with E-state index < -0.39 is 11.8 Å². The van der Waals surface area contributed by atoms with Crippen LogP contribution in [-0.4, -0.2) is 50.5 Å². The second-order valence-corrected chi connectivity index (χ2v) is 7.95. The molecule has 0 saturated carbocycles. The number of nitrogens with one attached hydrogen (secondary N) is 2. The predicted octanol–water partition coefficient (Wildman–Crippen LogP) is 2.71. The Morgan fingerprint density at radius 3 is 2.69 bits per heavy atom. The number of hydrogen-bond acceptors (Lipinski definition) is 8. The van der Waals surface area contributed by atoms with Crippen LogP contribution < -0.4 is 16.4 Å². The highest BCUT2D eigenvalue weighted by Crippen LogP contribution is 2.33. The fraction of sp³-hybridized carbons (Fsp3) is 0.250. The van der Waals surface area contributed by atoms with Crippen molar-refractivity contribution in [2.75, 3.05) is 24.2 Å². The summed E-state index contributed by atoms with van der Waals surface area (Å²) in [5.74, 6) is -0.203. The van der Waals surface area contributed by atoms with Crippen LogP contribution in [0.4, 0.5) is 16.0 Å². The number of carbonyl (C=O) groups is 2. The van der Waals surface area contributed by atoms with Gasteiger partial charge in [0.25, 0.3) is 0 Å². The molecule has 4 aromatic rings. The number of primary amides is 1. The molecule has 1 unspecified atom stereocenters. The van der Waals surface area contributed by atoms with E-state index in [-0.39, 0.29) is 31.2 Å². The molecule has 10 nitrogen and oxygen atoms in total. The van der Waals surface area contributed by atoms with Crippen LogP contribution in [0.3, 0.4) is 0 Å². The van der Waals surface area contributed by atoms with Gasteiger partial charge < -0.3 is 21.2 Å². The summed E-state index contributed by atoms with van der Waals surface area (Å²) in [6, 6.07) is 10.1. The highest BCUT2D eigenvalue weighted by molar-refractivity contribution is 5.90. The van der Waals surface area contributed by atoms with Crippen molar-refractivity contribution in [3.63, 3.8) is 0 Å². The number of rotatable bonds is 10. The van der Waals surface area contributed by atoms with Crippen LogP contribution in [0.2, 0.25) is 0 Å². The molecule has 0 saturated heterocycles. The van der Waals surface area contributed by atoms with E-state index >= 15 is 0 Å². The molecule has 0 fully saturated rings. The van der Waals surface area contributed by atoms with E-state index in [9.17, 15) is 14.0 Å². The summed E-state index contributed by atoms with van der Waals surface area (Å²) < 4.78 is 15.9. The molecule has 4 rings (SSSR count). The van der Waals surface area contributed by atoms with E-state index in [0.29, 0.717) is 39.5 Å². The third-order valence-corrected chi connectivity index (χ3v) is 5.50. The van der Waals surface area contributed by atoms with Crippen molar-refractivity contribution >= 4 is 34.9 Å². The van der Waals surface area contributed by atoms with Crippen molar-refractivity contribution in [2.24, 2.45) is 5.73 Å². The number of anilines is 2. The summed E-state index contributed by atoms with van der Waals surface area (Å²) >= 11 is 0. The monoisotopic (exact) mass is 476 g/mol. The number of aromatic nitrogens is 5. The molecule has 1 amide bonds. The van der Waals surface area contributed by atoms with Crippen LogP contribution >= 0.6 is 0 Å². The number of halogens is 1. The van der Waals surface area contributed by atoms with Gasteiger partial charge >= 0.3 is 0 Å². The molecular formula is C24H25FN8O2. The SMILES string of the molecule is CNc1nc(-c2nn(Cc3ccccc3F)c3ncccc23)nc(NCCC(N)=O)c1C(C)C=O. The van der Waals surface area contributed by atoms with Crippen LogP contribution in [0.15, 0.2) is 42.6 Å². The van der Waals surface area contributed by atoms with Crippen molar-refractivity contribution in [1.29, 1.82) is 0 Å². The summed E-state index contributed by atoms with van der Waals surface area (Å²) in [4.78, 5) is 36.6. The smallest absolute Gasteiger partial charge is 0.219 e. The molecule has 1 atom stereocenters. The first-order chi connectivity index (χ1) is 16.9. The second kappa shape index (κ2) is 10.2. The van der Waals surface area contributed by atoms with E-state index in [1.165, 1.54) is 6.07 Å². The zero-order chi connectivity index (χ0) is 24.9. The number of fused-ring (bicyclic) bond motifs is 1. The maximum atomic E-state index is 14.3. The van der Waals surface area contributed by atoms with Gasteiger partial charge in [-0.2, -0.15) is 5.10 Å². The third kappa shape index (κ3) is 4.93. The fourth-order valence-corrected chi connectivity index (χ4v) is 3.78. The molecule has 0 aliphatic heterocycles. The number of pyridine rings is 1. The van der Waals surface area contributed by atoms with Crippen LogP contribution in [0.25, 0.3) is 22.6 Å². The number of amides is 1. The Balaban J connectivity index is 1.85. The average Bonchev–Trinajstić information content (AvgIpc) is 3.22. The van der Waals surface area contributed by atoms with Gasteiger partial charge in [0.05, 0.1) is 11.9 Å². The minimum absolute atomic E-state index is 0.0905. The molecule has 3 heterocycles. The van der Waals surface area contributed by atoms with Crippen molar-refractivity contribution in [1.82, 2.24) is 24.7 Å². The summed E-state index contributed by atoms with van der Waals surface area (Å²) in [5, 5.41) is 11.5. The number of hydrogen-bond donors (Lipinski definition) is 3. The largest absolute Gasteiger partial charge is 0.373 e. The normalized spacial score (nSPS) is 11.9. The molecule has 0 aliphatic carbocycles. The molecule has 0 radical (unpaired) electrons. The lowest BCUT2D eigenvalue weighted by Gasteiger charge is -2.17. The Labute approximate surface area is 200 Å². The van der Waals surface area contributed by atoms with Crippen molar-refractivity contribution < 1.29 is 14.0 Å². The highest BCUT2D eigenvalue weighted by atomic mass is 19.1. The quantitative estimate of drug-likeness (QED) is 0.297. The summed E-state index contributed by atoms with van der Waals surface area (Å²) in [6.45, 7) is 2.13. The lowest BCUT2D eigenvalue weighted by molar-refractivity contribution is -0.117. The second-order valence-electron chi connectivity index (χ2n) is 7.95. The van der Waals surface area contributed by atoms with Crippen LogP contribution in [0.5, 0.6) is 0 Å². The lowest BCUT2D eigenvalue weighted by atomic mass is 10.0. The number of nitrogens with zero attached hydrogens (tertiary/aromatic N) is 5. The number of carbonyl (C=O) groups excluding carboxylic acids is 2. The first kappa shape index (κ1) is 23.7. The van der Waals surface area contributed by atoms with Gasteiger partial charge in [0.2, 0.25) is 5.91 Å². The fourth-order valence-electron chi connectivity index (χ4n) is 3.78. The van der Waals surface area contributed by atoms with Gasteiger partial charge in [0.1, 0.15) is 29.4 Å². The maximum Gasteiger partial charge on any atom is 0.219 e. The molecule has 11 heteroatoms. The summed E-state index contributed by atoms with van der Waals surface area (Å²) in [7, 11) is 1.69. The Morgan fingerprint density at radius 1 is 1.20 bits per heavy atom. The number of nitrogens with two attached hydrogens (primary N) is 1. The van der Waals surface area contributed by atoms with Gasteiger partial charge in [-0.15, -0.1) is 0 Å². The molecule has 0 spiro atoms. The molecule has 180 valence electrons. The minimum Gasteiger partial charge on any atom is -0.373 e. The lowest BCUT2D eigenvalue weighted by Crippen LogP contribution is -2.18. The highest BCUT2D eigenvalue weighted by Gasteiger charge is 2.23. The third-order valence-electron chi connectivity index (χ3n) is 5.50. The Bertz CT molecular complexity index is 1390. The Hall–Kier alpha value is -4.41. The van der Waals surface area contributed by atoms with Gasteiger partial charge in [-0.1, -0.05) is 25.1 Å². The molecule has 0 aliphatic rings. The van der Waals surface area contributed by atoms with E-state index in [1.54, 1.807) is 49.1 Å². The first-order valence-electron chi connectivity index (χ1n) is 11.0. The van der Waals surface area contributed by atoms with E-state index in [2.05, 4.69) is 30.7 Å². The van der Waals surface area contributed by atoms with E-state index in [0.717, 1.165) is 6.29 Å². The van der Waals surface area contributed by atoms with Gasteiger partial charge in [0, 0.05) is 43.3 Å². The first-order valence-corrected chi connectivity index (χ1v) is 11.0. The Kier molecular flexibility index (Phi) is 6.95. The van der Waals surface area contributed by atoms with Gasteiger partial charge in [0.15, 0.2) is 11.5 Å². The average molecular weight is 477 g/mol. The minimum atomic E-state index is -0.514. The summed E-state index contributed by atoms with van der Waals surface area (Å²) in [5.41, 5.74) is 7.29. The molecule has 4 N–H and O–H groups in total. The number of aldehydes is 1. The van der Waals surface area contributed by atoms with Gasteiger partial charge in [-0.05, 0) is 18.2 Å². The van der Waals surface area contributed by atoms with E-state index in [4.69, 9.17) is 5.73 Å². The van der Waals surface area contributed by atoms with Crippen molar-refractivity contribution in [3.8, 4) is 11.5 Å². The summed E-state index contributed by atoms with van der Waals surface area (Å²) in [6.07, 6.45) is 2.52. The maximum absolute atomic E-state index is 14.3. The molecular weight excluding hydrogens is 451 g/mol. The standard InChI is InChI=1S/C24H25FN8O2/c1-14(13-34)19-21(27-2)30-23(31-22(19)28-11-9-18(26)35)20-16-7-5-10-29-24(16)33(32-20)12-15-6-3-4-8-17(15)25/h3-8,10,13-14H,9,11-12H2,1-2H3,(H2,26,35)(H2,27,28,30,31). The van der Waals surface area contributed by atoms with Gasteiger partial charge in [-0.3, -0.25) is 4.79 Å². The Morgan fingerprint density at radius 2 is 1.97 bits per heavy atom. The predicted molar refractivity (Wildman–Crippen MR) is 130 cm³/mol. The molecule has 1 aromatic carbocycles. The molecule has 35 heavy (non-hydrogen) atoms. The number of benzene rings is 1. The topological polar surface area (TPSA) is 141 Å². The molecule has 3 aromatic heterocycles. The zero-order valence-corrected chi connectivity index (χ0v) is 19.3. The van der Waals surface area contributed by atoms with Gasteiger partial charge in [-0.25, -0.2) is 24.0 Å². The zero-order valence-electron chi connectivity index (χ0n) is 19.3. The van der Waals surface area contributed by atoms with Crippen LogP contribution in [0.1, 0.15) is 30.4 Å². The van der Waals surface area contributed by atoms with Crippen LogP contribution in [-0.2, 0) is 16.1 Å². The van der Waals surface area contributed by atoms with Crippen LogP contribution in [0, 0.1) is 5.82 Å². The van der Waals surface area contributed by atoms with E-state index in [1.807, 2.05) is 6.07 Å².